The number of halogens is 1. The molecular weight excluding hydrogens is 362 g/mol. The third kappa shape index (κ3) is 3.58. The number of nitrogens with zero attached hydrogens (tertiary/aromatic N) is 2. The first kappa shape index (κ1) is 18.0. The minimum Gasteiger partial charge on any atom is -0.348 e. The molecular formula is C17H20ClN3O3S. The molecule has 6 nitrogen and oxygen atoms in total. The first-order valence-corrected chi connectivity index (χ1v) is 9.89. The summed E-state index contributed by atoms with van der Waals surface area (Å²) in [6, 6.07) is 8.81. The van der Waals surface area contributed by atoms with Crippen LogP contribution in [-0.2, 0) is 21.4 Å². The molecule has 3 rings (SSSR count). The van der Waals surface area contributed by atoms with Crippen LogP contribution >= 0.6 is 11.6 Å². The highest BCUT2D eigenvalue weighted by Gasteiger charge is 2.32. The molecule has 134 valence electrons. The van der Waals surface area contributed by atoms with Crippen molar-refractivity contribution >= 4 is 27.5 Å². The average molecular weight is 382 g/mol. The molecule has 0 bridgehead atoms. The molecule has 2 aromatic rings. The van der Waals surface area contributed by atoms with Gasteiger partial charge in [0, 0.05) is 30.0 Å². The van der Waals surface area contributed by atoms with Crippen molar-refractivity contribution in [2.45, 2.75) is 37.4 Å². The van der Waals surface area contributed by atoms with Gasteiger partial charge in [-0.15, -0.1) is 0 Å². The van der Waals surface area contributed by atoms with Crippen LogP contribution in [0.25, 0.3) is 0 Å². The van der Waals surface area contributed by atoms with E-state index in [4.69, 9.17) is 11.6 Å². The third-order valence-corrected chi connectivity index (χ3v) is 6.26. The average Bonchev–Trinajstić information content (AvgIpc) is 3.04. The van der Waals surface area contributed by atoms with Crippen LogP contribution in [0, 0.1) is 0 Å². The van der Waals surface area contributed by atoms with E-state index >= 15 is 0 Å². The van der Waals surface area contributed by atoms with Gasteiger partial charge in [0.1, 0.15) is 0 Å². The number of fused-ring (bicyclic) bond motifs is 1. The van der Waals surface area contributed by atoms with Gasteiger partial charge in [-0.05, 0) is 50.2 Å². The molecule has 0 radical (unpaired) electrons. The Bertz CT molecular complexity index is 877. The van der Waals surface area contributed by atoms with Crippen molar-refractivity contribution in [1.29, 1.82) is 0 Å². The number of nitrogens with one attached hydrogen (secondary N) is 1. The predicted octanol–water partition coefficient (Wildman–Crippen LogP) is 2.41. The third-order valence-electron chi connectivity index (χ3n) is 4.45. The van der Waals surface area contributed by atoms with E-state index in [1.165, 1.54) is 24.3 Å². The van der Waals surface area contributed by atoms with Crippen LogP contribution < -0.4 is 4.72 Å². The van der Waals surface area contributed by atoms with Crippen molar-refractivity contribution in [3.63, 3.8) is 0 Å². The zero-order chi connectivity index (χ0) is 18.2. The number of carbonyl (C=O) groups excluding carboxylic acids is 1. The van der Waals surface area contributed by atoms with Gasteiger partial charge in [-0.2, -0.15) is 4.72 Å². The van der Waals surface area contributed by atoms with Gasteiger partial charge in [0.25, 0.3) is 0 Å². The van der Waals surface area contributed by atoms with Crippen molar-refractivity contribution < 1.29 is 13.2 Å². The van der Waals surface area contributed by atoms with E-state index in [1.54, 1.807) is 11.8 Å². The second-order valence-electron chi connectivity index (χ2n) is 6.13. The number of benzene rings is 1. The van der Waals surface area contributed by atoms with E-state index in [9.17, 15) is 13.2 Å². The summed E-state index contributed by atoms with van der Waals surface area (Å²) in [5, 5.41) is 0.452. The Morgan fingerprint density at radius 3 is 2.60 bits per heavy atom. The summed E-state index contributed by atoms with van der Waals surface area (Å²) in [6.45, 7) is 4.77. The van der Waals surface area contributed by atoms with Crippen LogP contribution in [0.4, 0.5) is 0 Å². The zero-order valence-corrected chi connectivity index (χ0v) is 15.6. The van der Waals surface area contributed by atoms with E-state index < -0.39 is 16.1 Å². The quantitative estimate of drug-likeness (QED) is 0.884. The lowest BCUT2D eigenvalue weighted by molar-refractivity contribution is -0.135. The summed E-state index contributed by atoms with van der Waals surface area (Å²) in [5.74, 6) is -0.238. The number of amides is 1. The molecule has 1 aromatic heterocycles. The molecule has 1 unspecified atom stereocenters. The van der Waals surface area contributed by atoms with Crippen molar-refractivity contribution in [1.82, 2.24) is 14.2 Å². The fourth-order valence-corrected chi connectivity index (χ4v) is 4.42. The molecule has 1 amide bonds. The molecule has 25 heavy (non-hydrogen) atoms. The molecule has 1 aliphatic rings. The van der Waals surface area contributed by atoms with E-state index in [-0.39, 0.29) is 16.8 Å². The van der Waals surface area contributed by atoms with Crippen molar-refractivity contribution in [3.05, 3.63) is 53.3 Å². The highest BCUT2D eigenvalue weighted by molar-refractivity contribution is 7.89. The topological polar surface area (TPSA) is 71.4 Å². The smallest absolute Gasteiger partial charge is 0.241 e. The van der Waals surface area contributed by atoms with Gasteiger partial charge in [0.15, 0.2) is 0 Å². The van der Waals surface area contributed by atoms with Crippen LogP contribution in [0.2, 0.25) is 5.02 Å². The van der Waals surface area contributed by atoms with Crippen LogP contribution in [0.15, 0.2) is 47.5 Å². The fourth-order valence-electron chi connectivity index (χ4n) is 3.09. The van der Waals surface area contributed by atoms with E-state index in [0.29, 0.717) is 18.1 Å². The highest BCUT2D eigenvalue weighted by atomic mass is 35.5. The Labute approximate surface area is 152 Å². The zero-order valence-electron chi connectivity index (χ0n) is 14.0. The SMILES string of the molecule is CC1c2cccn2CCN1C(=O)[C@H](C)NS(=O)(=O)c1ccc(Cl)cc1. The molecule has 1 aromatic carbocycles. The molecule has 0 saturated carbocycles. The largest absolute Gasteiger partial charge is 0.348 e. The maximum atomic E-state index is 12.8. The summed E-state index contributed by atoms with van der Waals surface area (Å²) in [6.07, 6.45) is 1.99. The van der Waals surface area contributed by atoms with Gasteiger partial charge in [0.2, 0.25) is 15.9 Å². The van der Waals surface area contributed by atoms with Gasteiger partial charge in [-0.25, -0.2) is 8.42 Å². The summed E-state index contributed by atoms with van der Waals surface area (Å²) in [7, 11) is -3.79. The Balaban J connectivity index is 1.74. The lowest BCUT2D eigenvalue weighted by atomic mass is 10.1. The fraction of sp³-hybridized carbons (Fsp3) is 0.353. The van der Waals surface area contributed by atoms with Gasteiger partial charge >= 0.3 is 0 Å². The number of carbonyl (C=O) groups is 1. The standard InChI is InChI=1S/C17H20ClN3O3S/c1-12(19-25(23,24)15-7-5-14(18)6-8-15)17(22)21-11-10-20-9-3-4-16(20)13(21)2/h3-9,12-13,19H,10-11H2,1-2H3/t12-,13?/m0/s1. The van der Waals surface area contributed by atoms with E-state index in [2.05, 4.69) is 9.29 Å². The summed E-state index contributed by atoms with van der Waals surface area (Å²) < 4.78 is 29.5. The molecule has 0 saturated heterocycles. The number of hydrogen-bond donors (Lipinski definition) is 1. The molecule has 1 aliphatic heterocycles. The molecule has 0 spiro atoms. The van der Waals surface area contributed by atoms with E-state index in [0.717, 1.165) is 5.69 Å². The molecule has 2 atom stereocenters. The lowest BCUT2D eigenvalue weighted by Gasteiger charge is -2.36. The maximum absolute atomic E-state index is 12.8. The molecule has 1 N–H and O–H groups in total. The van der Waals surface area contributed by atoms with Crippen molar-refractivity contribution in [2.24, 2.45) is 0 Å². The van der Waals surface area contributed by atoms with Crippen molar-refractivity contribution in [3.8, 4) is 0 Å². The Morgan fingerprint density at radius 2 is 1.92 bits per heavy atom. The predicted molar refractivity (Wildman–Crippen MR) is 95.8 cm³/mol. The molecule has 2 heterocycles. The Kier molecular flexibility index (Phi) is 4.90. The number of sulfonamides is 1. The number of hydrogen-bond acceptors (Lipinski definition) is 3. The molecule has 8 heteroatoms. The van der Waals surface area contributed by atoms with Gasteiger partial charge in [0.05, 0.1) is 17.0 Å². The first-order chi connectivity index (χ1) is 11.8. The summed E-state index contributed by atoms with van der Waals surface area (Å²) in [4.78, 5) is 14.6. The Hall–Kier alpha value is -1.83. The molecule has 0 aliphatic carbocycles. The minimum absolute atomic E-state index is 0.0807. The van der Waals surface area contributed by atoms with Crippen LogP contribution in [0.5, 0.6) is 0 Å². The Morgan fingerprint density at radius 1 is 1.24 bits per heavy atom. The second-order valence-corrected chi connectivity index (χ2v) is 8.28. The second kappa shape index (κ2) is 6.82. The first-order valence-electron chi connectivity index (χ1n) is 8.03. The van der Waals surface area contributed by atoms with Gasteiger partial charge in [-0.1, -0.05) is 11.6 Å². The van der Waals surface area contributed by atoms with E-state index in [1.807, 2.05) is 25.3 Å². The number of aromatic nitrogens is 1. The lowest BCUT2D eigenvalue weighted by Crippen LogP contribution is -2.50. The van der Waals surface area contributed by atoms with Crippen LogP contribution in [0.3, 0.4) is 0 Å². The summed E-state index contributed by atoms with van der Waals surface area (Å²) >= 11 is 5.79. The normalized spacial score (nSPS) is 18.7. The minimum atomic E-state index is -3.79. The maximum Gasteiger partial charge on any atom is 0.241 e. The van der Waals surface area contributed by atoms with Crippen LogP contribution in [0.1, 0.15) is 25.6 Å². The number of rotatable bonds is 4. The van der Waals surface area contributed by atoms with Gasteiger partial charge in [-0.3, -0.25) is 4.79 Å². The van der Waals surface area contributed by atoms with Crippen molar-refractivity contribution in [2.75, 3.05) is 6.54 Å². The summed E-state index contributed by atoms with van der Waals surface area (Å²) in [5.41, 5.74) is 1.05. The molecule has 0 fully saturated rings. The van der Waals surface area contributed by atoms with Gasteiger partial charge < -0.3 is 9.47 Å². The van der Waals surface area contributed by atoms with Crippen LogP contribution in [-0.4, -0.2) is 36.4 Å². The monoisotopic (exact) mass is 381 g/mol. The highest BCUT2D eigenvalue weighted by Crippen LogP contribution is 2.26.